The molecule has 0 amide bonds. The Bertz CT molecular complexity index is 469. The van der Waals surface area contributed by atoms with E-state index in [1.807, 2.05) is 0 Å². The van der Waals surface area contributed by atoms with Crippen molar-refractivity contribution in [1.82, 2.24) is 0 Å². The molecule has 0 aromatic rings. The fourth-order valence-electron chi connectivity index (χ4n) is 2.60. The van der Waals surface area contributed by atoms with E-state index in [0.717, 1.165) is 44.9 Å². The third-order valence-electron chi connectivity index (χ3n) is 4.15. The topological polar surface area (TPSA) is 17.1 Å². The average molecular weight is 391 g/mol. The lowest BCUT2D eigenvalue weighted by Gasteiger charge is -1.99. The zero-order valence-electron chi connectivity index (χ0n) is 17.3. The Labute approximate surface area is 173 Å². The van der Waals surface area contributed by atoms with Gasteiger partial charge >= 0.3 is 0 Å². The standard InChI is InChI=1S/C25H39ClO/c1-2-3-4-5-6-7-8-9-10-11-12-13-14-15-16-17-18-19-20-21-22-23-24-25(26)27/h3-4,6-7,9-10,12-13,15-16H,2,5,8,11,14,17-24H2,1H3/b4-3-,7-6-,10-9-,13-12-,16-15-. The van der Waals surface area contributed by atoms with Crippen LogP contribution in [-0.2, 0) is 4.79 Å². The lowest BCUT2D eigenvalue weighted by Crippen LogP contribution is -1.86. The van der Waals surface area contributed by atoms with Crippen molar-refractivity contribution in [2.24, 2.45) is 0 Å². The van der Waals surface area contributed by atoms with Gasteiger partial charge in [0.15, 0.2) is 0 Å². The van der Waals surface area contributed by atoms with Crippen LogP contribution in [0.2, 0.25) is 0 Å². The van der Waals surface area contributed by atoms with Crippen molar-refractivity contribution >= 4 is 16.8 Å². The van der Waals surface area contributed by atoms with Crippen molar-refractivity contribution in [2.75, 3.05) is 0 Å². The van der Waals surface area contributed by atoms with Crippen LogP contribution in [0.3, 0.4) is 0 Å². The van der Waals surface area contributed by atoms with Gasteiger partial charge in [0.05, 0.1) is 0 Å². The summed E-state index contributed by atoms with van der Waals surface area (Å²) in [4.78, 5) is 10.6. The second-order valence-electron chi connectivity index (χ2n) is 6.72. The normalized spacial score (nSPS) is 12.7. The van der Waals surface area contributed by atoms with Gasteiger partial charge in [-0.15, -0.1) is 0 Å². The van der Waals surface area contributed by atoms with Gasteiger partial charge in [0.2, 0.25) is 5.24 Å². The van der Waals surface area contributed by atoms with Gasteiger partial charge in [0.25, 0.3) is 0 Å². The highest BCUT2D eigenvalue weighted by Crippen LogP contribution is 2.09. The van der Waals surface area contributed by atoms with E-state index in [2.05, 4.69) is 67.7 Å². The van der Waals surface area contributed by atoms with Crippen LogP contribution in [-0.4, -0.2) is 5.24 Å². The quantitative estimate of drug-likeness (QED) is 0.130. The Morgan fingerprint density at radius 3 is 1.48 bits per heavy atom. The highest BCUT2D eigenvalue weighted by atomic mass is 35.5. The van der Waals surface area contributed by atoms with E-state index in [0.29, 0.717) is 6.42 Å². The number of unbranched alkanes of at least 4 members (excludes halogenated alkanes) is 6. The molecular weight excluding hydrogens is 352 g/mol. The van der Waals surface area contributed by atoms with Crippen LogP contribution in [0.4, 0.5) is 0 Å². The maximum absolute atomic E-state index is 10.6. The largest absolute Gasteiger partial charge is 0.281 e. The minimum absolute atomic E-state index is 0.201. The second kappa shape index (κ2) is 22.7. The van der Waals surface area contributed by atoms with Gasteiger partial charge < -0.3 is 0 Å². The molecule has 0 unspecified atom stereocenters. The molecule has 2 heteroatoms. The summed E-state index contributed by atoms with van der Waals surface area (Å²) in [7, 11) is 0. The number of hydrogen-bond donors (Lipinski definition) is 0. The number of carbonyl (C=O) groups is 1. The molecule has 152 valence electrons. The Hall–Kier alpha value is -1.34. The molecule has 0 N–H and O–H groups in total. The molecule has 0 atom stereocenters. The molecule has 0 heterocycles. The molecule has 0 spiro atoms. The smallest absolute Gasteiger partial charge is 0.221 e. The van der Waals surface area contributed by atoms with E-state index >= 15 is 0 Å². The molecule has 0 saturated carbocycles. The summed E-state index contributed by atoms with van der Waals surface area (Å²) in [5, 5.41) is -0.201. The summed E-state index contributed by atoms with van der Waals surface area (Å²) < 4.78 is 0. The number of hydrogen-bond acceptors (Lipinski definition) is 1. The van der Waals surface area contributed by atoms with E-state index in [-0.39, 0.29) is 5.24 Å². The minimum Gasteiger partial charge on any atom is -0.281 e. The molecule has 0 radical (unpaired) electrons. The monoisotopic (exact) mass is 390 g/mol. The molecular formula is C25H39ClO. The van der Waals surface area contributed by atoms with Gasteiger partial charge in [-0.25, -0.2) is 0 Å². The third-order valence-corrected chi connectivity index (χ3v) is 4.34. The number of rotatable bonds is 18. The first-order valence-corrected chi connectivity index (χ1v) is 11.1. The van der Waals surface area contributed by atoms with Gasteiger partial charge in [0.1, 0.15) is 0 Å². The zero-order chi connectivity index (χ0) is 19.8. The van der Waals surface area contributed by atoms with Crippen molar-refractivity contribution in [2.45, 2.75) is 90.4 Å². The molecule has 0 saturated heterocycles. The van der Waals surface area contributed by atoms with Crippen molar-refractivity contribution in [1.29, 1.82) is 0 Å². The number of carbonyl (C=O) groups excluding carboxylic acids is 1. The van der Waals surface area contributed by atoms with Gasteiger partial charge in [-0.05, 0) is 63.0 Å². The molecule has 0 aliphatic carbocycles. The van der Waals surface area contributed by atoms with Gasteiger partial charge in [-0.1, -0.05) is 93.4 Å². The Morgan fingerprint density at radius 1 is 0.593 bits per heavy atom. The summed E-state index contributed by atoms with van der Waals surface area (Å²) in [5.74, 6) is 0. The van der Waals surface area contributed by atoms with Crippen LogP contribution in [0.15, 0.2) is 60.8 Å². The fraction of sp³-hybridized carbons (Fsp3) is 0.560. The predicted octanol–water partition coefficient (Wildman–Crippen LogP) is 8.62. The third kappa shape index (κ3) is 24.7. The first kappa shape index (κ1) is 25.7. The number of allylic oxidation sites excluding steroid dienone is 10. The van der Waals surface area contributed by atoms with E-state index in [1.54, 1.807) is 0 Å². The van der Waals surface area contributed by atoms with E-state index in [9.17, 15) is 4.79 Å². The van der Waals surface area contributed by atoms with Crippen LogP contribution >= 0.6 is 11.6 Å². The average Bonchev–Trinajstić information content (AvgIpc) is 2.65. The SMILES string of the molecule is CC/C=C\C/C=C\C/C=C\C/C=C\C/C=C\CCCCCCCCC(=O)Cl. The van der Waals surface area contributed by atoms with Crippen LogP contribution in [0, 0.1) is 0 Å². The summed E-state index contributed by atoms with van der Waals surface area (Å²) in [6.45, 7) is 2.16. The van der Waals surface area contributed by atoms with Crippen LogP contribution in [0.5, 0.6) is 0 Å². The van der Waals surface area contributed by atoms with Crippen LogP contribution < -0.4 is 0 Å². The second-order valence-corrected chi connectivity index (χ2v) is 7.14. The van der Waals surface area contributed by atoms with Crippen LogP contribution in [0.25, 0.3) is 0 Å². The molecule has 0 aromatic carbocycles. The Balaban J connectivity index is 3.36. The molecule has 0 bridgehead atoms. The predicted molar refractivity (Wildman–Crippen MR) is 122 cm³/mol. The van der Waals surface area contributed by atoms with Crippen LogP contribution in [0.1, 0.15) is 90.4 Å². The molecule has 0 fully saturated rings. The summed E-state index contributed by atoms with van der Waals surface area (Å²) in [5.41, 5.74) is 0. The van der Waals surface area contributed by atoms with Crippen molar-refractivity contribution in [3.05, 3.63) is 60.8 Å². The van der Waals surface area contributed by atoms with Gasteiger partial charge in [-0.2, -0.15) is 0 Å². The molecule has 1 nitrogen and oxygen atoms in total. The molecule has 0 aromatic heterocycles. The van der Waals surface area contributed by atoms with Crippen molar-refractivity contribution < 1.29 is 4.79 Å². The van der Waals surface area contributed by atoms with E-state index < -0.39 is 0 Å². The minimum atomic E-state index is -0.201. The maximum Gasteiger partial charge on any atom is 0.221 e. The van der Waals surface area contributed by atoms with E-state index in [4.69, 9.17) is 11.6 Å². The van der Waals surface area contributed by atoms with Crippen molar-refractivity contribution in [3.8, 4) is 0 Å². The maximum atomic E-state index is 10.6. The first-order chi connectivity index (χ1) is 13.3. The Kier molecular flexibility index (Phi) is 21.6. The van der Waals surface area contributed by atoms with Crippen molar-refractivity contribution in [3.63, 3.8) is 0 Å². The highest BCUT2D eigenvalue weighted by molar-refractivity contribution is 6.63. The molecule has 0 aliphatic rings. The summed E-state index contributed by atoms with van der Waals surface area (Å²) in [6.07, 6.45) is 36.4. The molecule has 27 heavy (non-hydrogen) atoms. The highest BCUT2D eigenvalue weighted by Gasteiger charge is 1.95. The molecule has 0 aliphatic heterocycles. The summed E-state index contributed by atoms with van der Waals surface area (Å²) in [6, 6.07) is 0. The lowest BCUT2D eigenvalue weighted by molar-refractivity contribution is -0.111. The summed E-state index contributed by atoms with van der Waals surface area (Å²) >= 11 is 5.31. The van der Waals surface area contributed by atoms with Gasteiger partial charge in [0, 0.05) is 6.42 Å². The fourth-order valence-corrected chi connectivity index (χ4v) is 2.74. The Morgan fingerprint density at radius 2 is 1.00 bits per heavy atom. The first-order valence-electron chi connectivity index (χ1n) is 10.7. The zero-order valence-corrected chi connectivity index (χ0v) is 18.0. The lowest BCUT2D eigenvalue weighted by atomic mass is 10.1. The molecule has 0 rings (SSSR count). The van der Waals surface area contributed by atoms with E-state index in [1.165, 1.54) is 32.1 Å². The number of halogens is 1. The van der Waals surface area contributed by atoms with Gasteiger partial charge in [-0.3, -0.25) is 4.79 Å².